The Kier molecular flexibility index (Phi) is 6.90. The molecule has 0 bridgehead atoms. The van der Waals surface area contributed by atoms with E-state index in [-0.39, 0.29) is 0 Å². The van der Waals surface area contributed by atoms with E-state index in [0.29, 0.717) is 31.3 Å². The van der Waals surface area contributed by atoms with Crippen LogP contribution >= 0.6 is 0 Å². The second kappa shape index (κ2) is 10.7. The maximum atomic E-state index is 5.96. The molecule has 0 atom stereocenters. The van der Waals surface area contributed by atoms with E-state index >= 15 is 0 Å². The second-order valence-electron chi connectivity index (χ2n) is 8.21. The van der Waals surface area contributed by atoms with Crippen molar-refractivity contribution in [3.8, 4) is 34.1 Å². The predicted molar refractivity (Wildman–Crippen MR) is 137 cm³/mol. The lowest BCUT2D eigenvalue weighted by Gasteiger charge is -2.09. The van der Waals surface area contributed by atoms with Crippen LogP contribution in [0.1, 0.15) is 17.0 Å². The Balaban J connectivity index is 1.14. The topological polar surface area (TPSA) is 44.5 Å². The van der Waals surface area contributed by atoms with Gasteiger partial charge in [-0.25, -0.2) is 4.98 Å². The zero-order valence-electron chi connectivity index (χ0n) is 19.6. The van der Waals surface area contributed by atoms with Crippen molar-refractivity contribution in [2.45, 2.75) is 20.0 Å². The van der Waals surface area contributed by atoms with Gasteiger partial charge in [0.15, 0.2) is 0 Å². The molecule has 0 unspecified atom stereocenters. The van der Waals surface area contributed by atoms with Crippen LogP contribution in [0.25, 0.3) is 22.6 Å². The molecular weight excluding hydrogens is 434 g/mol. The standard InChI is InChI=1S/C31H26NO3/c1-23-30(32-31(35-23)27-12-6-3-7-13-27)19-20-33-29-14-8-9-24(21-29)22-34-28-17-15-26(16-18-28)25-10-4-2-5-11-25/h2-18H,19-20,22H2,1H3. The predicted octanol–water partition coefficient (Wildman–Crippen LogP) is 7.32. The fourth-order valence-electron chi connectivity index (χ4n) is 3.82. The van der Waals surface area contributed by atoms with Crippen molar-refractivity contribution in [3.05, 3.63) is 126 Å². The lowest BCUT2D eigenvalue weighted by molar-refractivity contribution is 0.300. The highest BCUT2D eigenvalue weighted by atomic mass is 16.5. The van der Waals surface area contributed by atoms with Gasteiger partial charge in [0.25, 0.3) is 0 Å². The first-order chi connectivity index (χ1) is 17.2. The Bertz CT molecular complexity index is 1360. The molecule has 5 aromatic rings. The summed E-state index contributed by atoms with van der Waals surface area (Å²) in [5.74, 6) is 2.97. The Morgan fingerprint density at radius 3 is 2.14 bits per heavy atom. The van der Waals surface area contributed by atoms with Crippen LogP contribution in [-0.2, 0) is 13.0 Å². The van der Waals surface area contributed by atoms with Crippen molar-refractivity contribution < 1.29 is 13.9 Å². The highest BCUT2D eigenvalue weighted by molar-refractivity contribution is 5.63. The molecule has 0 aliphatic rings. The van der Waals surface area contributed by atoms with Gasteiger partial charge >= 0.3 is 0 Å². The van der Waals surface area contributed by atoms with Crippen LogP contribution in [0, 0.1) is 13.0 Å². The van der Waals surface area contributed by atoms with E-state index < -0.39 is 0 Å². The Morgan fingerprint density at radius 1 is 0.714 bits per heavy atom. The van der Waals surface area contributed by atoms with Crippen LogP contribution in [0.15, 0.2) is 108 Å². The van der Waals surface area contributed by atoms with E-state index in [4.69, 9.17) is 13.9 Å². The van der Waals surface area contributed by atoms with Crippen molar-refractivity contribution in [1.82, 2.24) is 4.98 Å². The van der Waals surface area contributed by atoms with E-state index in [9.17, 15) is 0 Å². The number of nitrogens with zero attached hydrogens (tertiary/aromatic N) is 1. The fourth-order valence-corrected chi connectivity index (χ4v) is 3.82. The van der Waals surface area contributed by atoms with Gasteiger partial charge in [-0.2, -0.15) is 0 Å². The number of aryl methyl sites for hydroxylation is 1. The van der Waals surface area contributed by atoms with Gasteiger partial charge in [-0.1, -0.05) is 72.8 Å². The van der Waals surface area contributed by atoms with Crippen LogP contribution in [0.4, 0.5) is 0 Å². The number of hydrogen-bond acceptors (Lipinski definition) is 4. The summed E-state index contributed by atoms with van der Waals surface area (Å²) in [5, 5.41) is 0. The number of oxazole rings is 1. The third kappa shape index (κ3) is 5.79. The van der Waals surface area contributed by atoms with Gasteiger partial charge in [0, 0.05) is 23.6 Å². The van der Waals surface area contributed by atoms with E-state index in [1.54, 1.807) is 0 Å². The van der Waals surface area contributed by atoms with Crippen LogP contribution in [0.3, 0.4) is 0 Å². The second-order valence-corrected chi connectivity index (χ2v) is 8.21. The molecule has 0 fully saturated rings. The minimum absolute atomic E-state index is 0.421. The molecular formula is C31H26NO3. The molecule has 0 aliphatic heterocycles. The first kappa shape index (κ1) is 22.5. The quantitative estimate of drug-likeness (QED) is 0.231. The summed E-state index contributed by atoms with van der Waals surface area (Å²) in [7, 11) is 0. The van der Waals surface area contributed by atoms with Crippen molar-refractivity contribution in [2.75, 3.05) is 6.61 Å². The summed E-state index contributed by atoms with van der Waals surface area (Å²) < 4.78 is 17.7. The molecule has 0 spiro atoms. The molecule has 0 amide bonds. The molecule has 0 N–H and O–H groups in total. The maximum Gasteiger partial charge on any atom is 0.226 e. The third-order valence-corrected chi connectivity index (χ3v) is 5.69. The van der Waals surface area contributed by atoms with E-state index in [1.165, 1.54) is 5.56 Å². The Hall–Kier alpha value is -4.31. The molecule has 35 heavy (non-hydrogen) atoms. The largest absolute Gasteiger partial charge is 0.493 e. The smallest absolute Gasteiger partial charge is 0.226 e. The summed E-state index contributed by atoms with van der Waals surface area (Å²) in [4.78, 5) is 4.64. The molecule has 4 aromatic carbocycles. The van der Waals surface area contributed by atoms with Crippen molar-refractivity contribution in [3.63, 3.8) is 0 Å². The van der Waals surface area contributed by atoms with Crippen molar-refractivity contribution in [2.24, 2.45) is 0 Å². The number of rotatable bonds is 9. The lowest BCUT2D eigenvalue weighted by atomic mass is 10.1. The van der Waals surface area contributed by atoms with Gasteiger partial charge in [0.2, 0.25) is 5.89 Å². The normalized spacial score (nSPS) is 10.8. The van der Waals surface area contributed by atoms with E-state index in [2.05, 4.69) is 35.3 Å². The minimum atomic E-state index is 0.421. The van der Waals surface area contributed by atoms with Crippen LogP contribution in [0.2, 0.25) is 0 Å². The fraction of sp³-hybridized carbons (Fsp3) is 0.129. The SMILES string of the molecule is Cc1oc(-c2ccccc2)nc1CCOc1[c]c(COc2ccc(-c3ccccc3)cc2)ccc1. The first-order valence-electron chi connectivity index (χ1n) is 11.7. The summed E-state index contributed by atoms with van der Waals surface area (Å²) in [6.45, 7) is 2.85. The van der Waals surface area contributed by atoms with Gasteiger partial charge in [0.05, 0.1) is 12.3 Å². The van der Waals surface area contributed by atoms with Crippen molar-refractivity contribution in [1.29, 1.82) is 0 Å². The van der Waals surface area contributed by atoms with E-state index in [1.807, 2.05) is 85.8 Å². The molecule has 0 aliphatic carbocycles. The van der Waals surface area contributed by atoms with Gasteiger partial charge in [0.1, 0.15) is 23.9 Å². The number of benzene rings is 4. The number of ether oxygens (including phenoxy) is 2. The molecule has 0 saturated heterocycles. The first-order valence-corrected chi connectivity index (χ1v) is 11.7. The Morgan fingerprint density at radius 2 is 1.40 bits per heavy atom. The molecule has 0 saturated carbocycles. The average molecular weight is 461 g/mol. The number of aromatic nitrogens is 1. The number of hydrogen-bond donors (Lipinski definition) is 0. The Labute approximate surface area is 205 Å². The summed E-state index contributed by atoms with van der Waals surface area (Å²) in [6.07, 6.45) is 0.657. The average Bonchev–Trinajstić information content (AvgIpc) is 3.29. The minimum Gasteiger partial charge on any atom is -0.493 e. The lowest BCUT2D eigenvalue weighted by Crippen LogP contribution is -2.04. The molecule has 1 aromatic heterocycles. The maximum absolute atomic E-state index is 5.96. The molecule has 4 heteroatoms. The molecule has 4 nitrogen and oxygen atoms in total. The van der Waals surface area contributed by atoms with Crippen LogP contribution < -0.4 is 9.47 Å². The summed E-state index contributed by atoms with van der Waals surface area (Å²) in [6, 6.07) is 37.5. The van der Waals surface area contributed by atoms with Crippen molar-refractivity contribution >= 4 is 0 Å². The van der Waals surface area contributed by atoms with E-state index in [0.717, 1.165) is 33.9 Å². The summed E-state index contributed by atoms with van der Waals surface area (Å²) >= 11 is 0. The summed E-state index contributed by atoms with van der Waals surface area (Å²) in [5.41, 5.74) is 5.16. The van der Waals surface area contributed by atoms with Gasteiger partial charge < -0.3 is 13.9 Å². The van der Waals surface area contributed by atoms with Gasteiger partial charge in [-0.15, -0.1) is 0 Å². The zero-order valence-corrected chi connectivity index (χ0v) is 19.6. The zero-order chi connectivity index (χ0) is 23.9. The van der Waals surface area contributed by atoms with Gasteiger partial charge in [-0.05, 0) is 48.4 Å². The van der Waals surface area contributed by atoms with Gasteiger partial charge in [-0.3, -0.25) is 0 Å². The molecule has 1 heterocycles. The van der Waals surface area contributed by atoms with Crippen LogP contribution in [-0.4, -0.2) is 11.6 Å². The van der Waals surface area contributed by atoms with Crippen LogP contribution in [0.5, 0.6) is 11.5 Å². The molecule has 173 valence electrons. The highest BCUT2D eigenvalue weighted by Crippen LogP contribution is 2.24. The monoisotopic (exact) mass is 460 g/mol. The molecule has 1 radical (unpaired) electrons. The molecule has 5 rings (SSSR count). The highest BCUT2D eigenvalue weighted by Gasteiger charge is 2.11. The third-order valence-electron chi connectivity index (χ3n) is 5.69.